The van der Waals surface area contributed by atoms with Gasteiger partial charge in [-0.3, -0.25) is 4.79 Å². The van der Waals surface area contributed by atoms with Gasteiger partial charge >= 0.3 is 0 Å². The summed E-state index contributed by atoms with van der Waals surface area (Å²) in [5.41, 5.74) is -1.21. The first kappa shape index (κ1) is 12.8. The molecule has 2 saturated heterocycles. The fourth-order valence-electron chi connectivity index (χ4n) is 3.36. The molecule has 0 aromatic heterocycles. The Labute approximate surface area is 112 Å². The average Bonchev–Trinajstić information content (AvgIpc) is 2.99. The molecule has 0 bridgehead atoms. The lowest BCUT2D eigenvalue weighted by molar-refractivity contribution is -0.165. The summed E-state index contributed by atoms with van der Waals surface area (Å²) >= 11 is 1.67. The molecule has 3 rings (SSSR count). The second kappa shape index (κ2) is 4.69. The van der Waals surface area contributed by atoms with Gasteiger partial charge in [0.2, 0.25) is 0 Å². The minimum absolute atomic E-state index is 0.0675. The van der Waals surface area contributed by atoms with E-state index in [1.807, 2.05) is 4.90 Å². The van der Waals surface area contributed by atoms with E-state index in [0.717, 1.165) is 18.6 Å². The fraction of sp³-hybridized carbons (Fsp3) is 0.923. The van der Waals surface area contributed by atoms with Crippen molar-refractivity contribution in [1.29, 1.82) is 0 Å². The van der Waals surface area contributed by atoms with Gasteiger partial charge in [0.05, 0.1) is 12.2 Å². The number of hydrogen-bond donors (Lipinski definition) is 1. The maximum atomic E-state index is 12.5. The van der Waals surface area contributed by atoms with Crippen molar-refractivity contribution in [3.05, 3.63) is 0 Å². The van der Waals surface area contributed by atoms with Crippen molar-refractivity contribution in [2.24, 2.45) is 0 Å². The Bertz CT molecular complexity index is 335. The number of carbonyl (C=O) groups is 1. The third-order valence-electron chi connectivity index (χ3n) is 4.45. The number of thioether (sulfide) groups is 1. The summed E-state index contributed by atoms with van der Waals surface area (Å²) in [6.45, 7) is 1.93. The molecule has 3 fully saturated rings. The summed E-state index contributed by atoms with van der Waals surface area (Å²) in [4.78, 5) is 14.3. The summed E-state index contributed by atoms with van der Waals surface area (Å²) in [6, 6.07) is 0. The summed E-state index contributed by atoms with van der Waals surface area (Å²) in [7, 11) is 0. The van der Waals surface area contributed by atoms with Crippen LogP contribution in [0.5, 0.6) is 0 Å². The molecule has 0 aromatic rings. The Morgan fingerprint density at radius 3 is 2.72 bits per heavy atom. The van der Waals surface area contributed by atoms with Gasteiger partial charge in [-0.1, -0.05) is 12.8 Å². The van der Waals surface area contributed by atoms with Crippen LogP contribution < -0.4 is 0 Å². The normalized spacial score (nSPS) is 35.3. The van der Waals surface area contributed by atoms with Gasteiger partial charge in [-0.25, -0.2) is 0 Å². The molecule has 0 aromatic carbocycles. The number of carbonyl (C=O) groups excluding carboxylic acids is 1. The minimum Gasteiger partial charge on any atom is -0.379 e. The summed E-state index contributed by atoms with van der Waals surface area (Å²) in [6.07, 6.45) is 5.11. The molecule has 0 unspecified atom stereocenters. The van der Waals surface area contributed by atoms with E-state index in [0.29, 0.717) is 31.9 Å². The zero-order valence-corrected chi connectivity index (χ0v) is 11.5. The van der Waals surface area contributed by atoms with E-state index < -0.39 is 5.60 Å². The molecule has 1 atom stereocenters. The molecule has 2 heterocycles. The van der Waals surface area contributed by atoms with Crippen molar-refractivity contribution in [3.8, 4) is 0 Å². The van der Waals surface area contributed by atoms with E-state index in [-0.39, 0.29) is 11.5 Å². The SMILES string of the molecule is O=C(N1CCOC2(CCCC2)C1)[C@]1(O)CCSC1. The van der Waals surface area contributed by atoms with Crippen LogP contribution in [-0.2, 0) is 9.53 Å². The fourth-order valence-corrected chi connectivity index (χ4v) is 4.59. The van der Waals surface area contributed by atoms with Crippen LogP contribution in [0.3, 0.4) is 0 Å². The summed E-state index contributed by atoms with van der Waals surface area (Å²) < 4.78 is 5.92. The van der Waals surface area contributed by atoms with E-state index in [9.17, 15) is 9.90 Å². The first-order valence-corrected chi connectivity index (χ1v) is 8.03. The maximum absolute atomic E-state index is 12.5. The smallest absolute Gasteiger partial charge is 0.255 e. The highest BCUT2D eigenvalue weighted by Crippen LogP contribution is 2.37. The highest BCUT2D eigenvalue weighted by Gasteiger charge is 2.47. The molecule has 3 aliphatic rings. The zero-order chi connectivity index (χ0) is 12.6. The van der Waals surface area contributed by atoms with E-state index in [1.165, 1.54) is 12.8 Å². The van der Waals surface area contributed by atoms with Crippen LogP contribution in [0, 0.1) is 0 Å². The highest BCUT2D eigenvalue weighted by atomic mass is 32.2. The minimum atomic E-state index is -1.11. The van der Waals surface area contributed by atoms with Crippen molar-refractivity contribution in [2.45, 2.75) is 43.3 Å². The van der Waals surface area contributed by atoms with E-state index in [1.54, 1.807) is 11.8 Å². The number of rotatable bonds is 1. The molecule has 1 amide bonds. The van der Waals surface area contributed by atoms with Gasteiger partial charge in [0, 0.05) is 18.8 Å². The number of morpholine rings is 1. The highest BCUT2D eigenvalue weighted by molar-refractivity contribution is 7.99. The lowest BCUT2D eigenvalue weighted by atomic mass is 9.96. The topological polar surface area (TPSA) is 49.8 Å². The molecule has 1 spiro atoms. The standard InChI is InChI=1S/C13H21NO3S/c15-11(13(16)5-8-18-10-13)14-6-7-17-12(9-14)3-1-2-4-12/h16H,1-10H2/t13-/m0/s1. The van der Waals surface area contributed by atoms with E-state index in [2.05, 4.69) is 0 Å². The van der Waals surface area contributed by atoms with Gasteiger partial charge in [-0.2, -0.15) is 11.8 Å². The summed E-state index contributed by atoms with van der Waals surface area (Å²) in [5, 5.41) is 10.4. The molecular weight excluding hydrogens is 250 g/mol. The molecule has 2 aliphatic heterocycles. The lowest BCUT2D eigenvalue weighted by Crippen LogP contribution is -2.58. The van der Waals surface area contributed by atoms with Crippen molar-refractivity contribution < 1.29 is 14.6 Å². The van der Waals surface area contributed by atoms with Crippen LogP contribution in [0.4, 0.5) is 0 Å². The Morgan fingerprint density at radius 2 is 2.06 bits per heavy atom. The zero-order valence-electron chi connectivity index (χ0n) is 10.7. The predicted octanol–water partition coefficient (Wildman–Crippen LogP) is 1.03. The van der Waals surface area contributed by atoms with Gasteiger partial charge in [-0.15, -0.1) is 0 Å². The number of hydrogen-bond acceptors (Lipinski definition) is 4. The Kier molecular flexibility index (Phi) is 3.32. The molecule has 0 radical (unpaired) electrons. The van der Waals surface area contributed by atoms with Gasteiger partial charge in [0.25, 0.3) is 5.91 Å². The van der Waals surface area contributed by atoms with Crippen molar-refractivity contribution in [1.82, 2.24) is 4.90 Å². The van der Waals surface area contributed by atoms with Crippen molar-refractivity contribution in [2.75, 3.05) is 31.2 Å². The van der Waals surface area contributed by atoms with Gasteiger partial charge in [0.1, 0.15) is 0 Å². The van der Waals surface area contributed by atoms with Crippen LogP contribution in [0.25, 0.3) is 0 Å². The molecule has 1 saturated carbocycles. The van der Waals surface area contributed by atoms with Crippen LogP contribution in [0.1, 0.15) is 32.1 Å². The van der Waals surface area contributed by atoms with Crippen LogP contribution >= 0.6 is 11.8 Å². The molecule has 18 heavy (non-hydrogen) atoms. The second-order valence-corrected chi connectivity index (χ2v) is 6.90. The van der Waals surface area contributed by atoms with Gasteiger partial charge in [0.15, 0.2) is 5.60 Å². The Balaban J connectivity index is 1.70. The van der Waals surface area contributed by atoms with E-state index >= 15 is 0 Å². The van der Waals surface area contributed by atoms with Crippen LogP contribution in [0.2, 0.25) is 0 Å². The number of ether oxygens (including phenoxy) is 1. The van der Waals surface area contributed by atoms with Gasteiger partial charge < -0.3 is 14.7 Å². The van der Waals surface area contributed by atoms with Crippen molar-refractivity contribution in [3.63, 3.8) is 0 Å². The quantitative estimate of drug-likeness (QED) is 0.774. The molecule has 5 heteroatoms. The molecule has 1 N–H and O–H groups in total. The Morgan fingerprint density at radius 1 is 1.28 bits per heavy atom. The van der Waals surface area contributed by atoms with E-state index in [4.69, 9.17) is 4.74 Å². The summed E-state index contributed by atoms with van der Waals surface area (Å²) in [5.74, 6) is 1.37. The Hall–Kier alpha value is -0.260. The number of amides is 1. The molecule has 1 aliphatic carbocycles. The lowest BCUT2D eigenvalue weighted by Gasteiger charge is -2.42. The largest absolute Gasteiger partial charge is 0.379 e. The second-order valence-electron chi connectivity index (χ2n) is 5.80. The first-order chi connectivity index (χ1) is 8.64. The average molecular weight is 271 g/mol. The van der Waals surface area contributed by atoms with Crippen molar-refractivity contribution >= 4 is 17.7 Å². The number of nitrogens with zero attached hydrogens (tertiary/aromatic N) is 1. The number of aliphatic hydroxyl groups is 1. The predicted molar refractivity (Wildman–Crippen MR) is 70.6 cm³/mol. The maximum Gasteiger partial charge on any atom is 0.255 e. The van der Waals surface area contributed by atoms with Crippen LogP contribution in [0.15, 0.2) is 0 Å². The third-order valence-corrected chi connectivity index (χ3v) is 5.62. The van der Waals surface area contributed by atoms with Crippen LogP contribution in [-0.4, -0.2) is 58.3 Å². The van der Waals surface area contributed by atoms with Gasteiger partial charge in [-0.05, 0) is 25.0 Å². The molecule has 102 valence electrons. The first-order valence-electron chi connectivity index (χ1n) is 6.87. The third kappa shape index (κ3) is 2.17. The molecule has 4 nitrogen and oxygen atoms in total. The molecular formula is C13H21NO3S. The monoisotopic (exact) mass is 271 g/mol.